The summed E-state index contributed by atoms with van der Waals surface area (Å²) >= 11 is 0. The number of hydrogen-bond acceptors (Lipinski definition) is 5. The summed E-state index contributed by atoms with van der Waals surface area (Å²) in [6.07, 6.45) is 0. The van der Waals surface area contributed by atoms with Crippen LogP contribution in [0, 0.1) is 0 Å². The molecule has 5 nitrogen and oxygen atoms in total. The Morgan fingerprint density at radius 2 is 1.55 bits per heavy atom. The van der Waals surface area contributed by atoms with E-state index in [-0.39, 0.29) is 5.43 Å². The second-order valence-electron chi connectivity index (χ2n) is 6.48. The summed E-state index contributed by atoms with van der Waals surface area (Å²) < 4.78 is 22.5. The van der Waals surface area contributed by atoms with Crippen molar-refractivity contribution in [3.8, 4) is 28.6 Å². The standard InChI is InChI=1S/C24H20O5/c1-26-18-10-8-17(9-11-18)21-14-20(25)24-22(12-19(27-2)13-23(24)29-21)28-15-16-6-4-3-5-7-16/h3-14H,15H2,1-2H3. The largest absolute Gasteiger partial charge is 0.497 e. The number of ether oxygens (including phenoxy) is 3. The summed E-state index contributed by atoms with van der Waals surface area (Å²) in [5.74, 6) is 2.18. The van der Waals surface area contributed by atoms with Crippen LogP contribution in [0.15, 0.2) is 82.0 Å². The zero-order valence-electron chi connectivity index (χ0n) is 16.2. The predicted molar refractivity (Wildman–Crippen MR) is 112 cm³/mol. The highest BCUT2D eigenvalue weighted by Gasteiger charge is 2.14. The Morgan fingerprint density at radius 1 is 0.828 bits per heavy atom. The van der Waals surface area contributed by atoms with Gasteiger partial charge in [0.1, 0.15) is 40.6 Å². The molecule has 5 heteroatoms. The van der Waals surface area contributed by atoms with Crippen LogP contribution in [0.4, 0.5) is 0 Å². The van der Waals surface area contributed by atoms with E-state index in [1.807, 2.05) is 54.6 Å². The molecule has 0 aliphatic heterocycles. The number of methoxy groups -OCH3 is 2. The zero-order chi connectivity index (χ0) is 20.2. The fraction of sp³-hybridized carbons (Fsp3) is 0.125. The van der Waals surface area contributed by atoms with Gasteiger partial charge in [-0.05, 0) is 29.8 Å². The van der Waals surface area contributed by atoms with E-state index in [0.717, 1.165) is 16.9 Å². The molecule has 1 aromatic heterocycles. The third-order valence-electron chi connectivity index (χ3n) is 4.62. The molecule has 0 amide bonds. The number of hydrogen-bond donors (Lipinski definition) is 0. The van der Waals surface area contributed by atoms with Crippen LogP contribution < -0.4 is 19.6 Å². The molecule has 3 aromatic carbocycles. The first-order chi connectivity index (χ1) is 14.2. The Kier molecular flexibility index (Phi) is 5.20. The molecule has 0 aliphatic rings. The number of benzene rings is 3. The molecule has 4 aromatic rings. The summed E-state index contributed by atoms with van der Waals surface area (Å²) in [4.78, 5) is 12.9. The van der Waals surface area contributed by atoms with E-state index >= 15 is 0 Å². The third-order valence-corrected chi connectivity index (χ3v) is 4.62. The number of fused-ring (bicyclic) bond motifs is 1. The highest BCUT2D eigenvalue weighted by molar-refractivity contribution is 5.86. The molecule has 0 saturated heterocycles. The third kappa shape index (κ3) is 3.94. The zero-order valence-corrected chi connectivity index (χ0v) is 16.2. The van der Waals surface area contributed by atoms with Gasteiger partial charge in [0.25, 0.3) is 0 Å². The maximum absolute atomic E-state index is 12.9. The van der Waals surface area contributed by atoms with Gasteiger partial charge in [-0.25, -0.2) is 0 Å². The van der Waals surface area contributed by atoms with Gasteiger partial charge < -0.3 is 18.6 Å². The van der Waals surface area contributed by atoms with E-state index < -0.39 is 0 Å². The highest BCUT2D eigenvalue weighted by Crippen LogP contribution is 2.32. The maximum atomic E-state index is 12.9. The molecule has 1 heterocycles. The molecule has 0 aliphatic carbocycles. The van der Waals surface area contributed by atoms with Crippen LogP contribution in [-0.4, -0.2) is 14.2 Å². The van der Waals surface area contributed by atoms with Crippen LogP contribution in [0.5, 0.6) is 17.2 Å². The summed E-state index contributed by atoms with van der Waals surface area (Å²) in [6.45, 7) is 0.336. The van der Waals surface area contributed by atoms with Crippen molar-refractivity contribution in [1.82, 2.24) is 0 Å². The van der Waals surface area contributed by atoms with Gasteiger partial charge in [0.15, 0.2) is 5.43 Å². The molecule has 0 saturated carbocycles. The molecular formula is C24H20O5. The molecule has 0 bridgehead atoms. The minimum absolute atomic E-state index is 0.178. The fourth-order valence-electron chi connectivity index (χ4n) is 3.09. The monoisotopic (exact) mass is 388 g/mol. The van der Waals surface area contributed by atoms with Gasteiger partial charge >= 0.3 is 0 Å². The first-order valence-electron chi connectivity index (χ1n) is 9.15. The predicted octanol–water partition coefficient (Wildman–Crippen LogP) is 5.06. The van der Waals surface area contributed by atoms with Crippen LogP contribution in [0.2, 0.25) is 0 Å². The second kappa shape index (κ2) is 8.10. The van der Waals surface area contributed by atoms with Gasteiger partial charge in [-0.2, -0.15) is 0 Å². The van der Waals surface area contributed by atoms with Gasteiger partial charge in [-0.15, -0.1) is 0 Å². The highest BCUT2D eigenvalue weighted by atomic mass is 16.5. The molecule has 0 unspecified atom stereocenters. The van der Waals surface area contributed by atoms with Crippen molar-refractivity contribution in [3.05, 3.63) is 88.6 Å². The van der Waals surface area contributed by atoms with E-state index in [1.54, 1.807) is 26.4 Å². The molecule has 146 valence electrons. The lowest BCUT2D eigenvalue weighted by atomic mass is 10.1. The van der Waals surface area contributed by atoms with E-state index in [1.165, 1.54) is 6.07 Å². The molecule has 29 heavy (non-hydrogen) atoms. The topological polar surface area (TPSA) is 57.9 Å². The molecule has 0 N–H and O–H groups in total. The summed E-state index contributed by atoms with van der Waals surface area (Å²) in [7, 11) is 3.17. The minimum Gasteiger partial charge on any atom is -0.497 e. The van der Waals surface area contributed by atoms with Gasteiger partial charge in [0.2, 0.25) is 0 Å². The van der Waals surface area contributed by atoms with E-state index in [4.69, 9.17) is 18.6 Å². The molecule has 0 radical (unpaired) electrons. The number of rotatable bonds is 6. The first-order valence-corrected chi connectivity index (χ1v) is 9.15. The normalized spacial score (nSPS) is 10.7. The van der Waals surface area contributed by atoms with Crippen molar-refractivity contribution in [2.24, 2.45) is 0 Å². The van der Waals surface area contributed by atoms with E-state index in [2.05, 4.69) is 0 Å². The Balaban J connectivity index is 1.77. The quantitative estimate of drug-likeness (QED) is 0.462. The second-order valence-corrected chi connectivity index (χ2v) is 6.48. The Labute approximate surface area is 168 Å². The maximum Gasteiger partial charge on any atom is 0.197 e. The van der Waals surface area contributed by atoms with Crippen LogP contribution in [0.25, 0.3) is 22.3 Å². The molecular weight excluding hydrogens is 368 g/mol. The van der Waals surface area contributed by atoms with Crippen molar-refractivity contribution in [3.63, 3.8) is 0 Å². The van der Waals surface area contributed by atoms with Crippen molar-refractivity contribution in [1.29, 1.82) is 0 Å². The van der Waals surface area contributed by atoms with Gasteiger partial charge in [0, 0.05) is 23.8 Å². The van der Waals surface area contributed by atoms with Crippen molar-refractivity contribution in [2.75, 3.05) is 14.2 Å². The SMILES string of the molecule is COc1ccc(-c2cc(=O)c3c(OCc4ccccc4)cc(OC)cc3o2)cc1. The Morgan fingerprint density at radius 3 is 2.24 bits per heavy atom. The van der Waals surface area contributed by atoms with Crippen LogP contribution in [0.1, 0.15) is 5.56 Å². The van der Waals surface area contributed by atoms with Gasteiger partial charge in [-0.1, -0.05) is 30.3 Å². The van der Waals surface area contributed by atoms with E-state index in [0.29, 0.717) is 34.8 Å². The van der Waals surface area contributed by atoms with Crippen LogP contribution >= 0.6 is 0 Å². The molecule has 0 fully saturated rings. The fourth-order valence-corrected chi connectivity index (χ4v) is 3.09. The van der Waals surface area contributed by atoms with E-state index in [9.17, 15) is 4.79 Å². The smallest absolute Gasteiger partial charge is 0.197 e. The molecule has 4 rings (SSSR count). The van der Waals surface area contributed by atoms with Crippen molar-refractivity contribution >= 4 is 11.0 Å². The van der Waals surface area contributed by atoms with Crippen molar-refractivity contribution in [2.45, 2.75) is 6.61 Å². The van der Waals surface area contributed by atoms with Gasteiger partial charge in [0.05, 0.1) is 14.2 Å². The Bertz CT molecular complexity index is 1180. The molecule has 0 atom stereocenters. The minimum atomic E-state index is -0.178. The first kappa shape index (κ1) is 18.6. The average molecular weight is 388 g/mol. The summed E-state index contributed by atoms with van der Waals surface area (Å²) in [5, 5.41) is 0.388. The molecule has 0 spiro atoms. The van der Waals surface area contributed by atoms with Crippen molar-refractivity contribution < 1.29 is 18.6 Å². The summed E-state index contributed by atoms with van der Waals surface area (Å²) in [5.41, 5.74) is 2.01. The lowest BCUT2D eigenvalue weighted by Gasteiger charge is -2.12. The van der Waals surface area contributed by atoms with Gasteiger partial charge in [-0.3, -0.25) is 4.79 Å². The van der Waals surface area contributed by atoms with Crippen LogP contribution in [0.3, 0.4) is 0 Å². The summed E-state index contributed by atoms with van der Waals surface area (Å²) in [6, 6.07) is 22.0. The average Bonchev–Trinajstić information content (AvgIpc) is 2.77. The Hall–Kier alpha value is -3.73. The lowest BCUT2D eigenvalue weighted by Crippen LogP contribution is -2.05. The lowest BCUT2D eigenvalue weighted by molar-refractivity contribution is 0.307. The van der Waals surface area contributed by atoms with Crippen LogP contribution in [-0.2, 0) is 6.61 Å².